The molecule has 0 spiro atoms. The van der Waals surface area contributed by atoms with Gasteiger partial charge >= 0.3 is 176 Å². The molecule has 0 saturated heterocycles. The van der Waals surface area contributed by atoms with E-state index in [1.54, 1.807) is 0 Å². The van der Waals surface area contributed by atoms with Crippen molar-refractivity contribution in [1.82, 2.24) is 0 Å². The number of rotatable bonds is 0. The van der Waals surface area contributed by atoms with Gasteiger partial charge in [0.15, 0.2) is 0 Å². The van der Waals surface area contributed by atoms with Crippen molar-refractivity contribution in [3.8, 4) is 0 Å². The van der Waals surface area contributed by atoms with Crippen molar-refractivity contribution in [2.75, 3.05) is 0 Å². The van der Waals surface area contributed by atoms with Crippen molar-refractivity contribution in [2.45, 2.75) is 0 Å². The molecular formula is CaKNb3O9. The van der Waals surface area contributed by atoms with Crippen molar-refractivity contribution in [3.05, 3.63) is 0 Å². The fraction of sp³-hybridized carbons (Fsp3) is 0. The van der Waals surface area contributed by atoms with Gasteiger partial charge in [-0.2, -0.15) is 0 Å². The van der Waals surface area contributed by atoms with E-state index in [0.29, 0.717) is 0 Å². The first-order chi connectivity index (χ1) is 5.20. The third kappa shape index (κ3) is 240. The summed E-state index contributed by atoms with van der Waals surface area (Å²) in [5.74, 6) is 0. The molecule has 0 aromatic carbocycles. The first kappa shape index (κ1) is 30.7. The van der Waals surface area contributed by atoms with Crippen LogP contribution in [0.25, 0.3) is 0 Å². The zero-order chi connectivity index (χ0) is 10.7. The van der Waals surface area contributed by atoms with Crippen LogP contribution in [0.5, 0.6) is 0 Å². The Morgan fingerprint density at radius 1 is 0.571 bits per heavy atom. The van der Waals surface area contributed by atoms with Crippen LogP contribution in [0.3, 0.4) is 0 Å². The summed E-state index contributed by atoms with van der Waals surface area (Å²) in [4.78, 5) is 0. The van der Waals surface area contributed by atoms with E-state index in [0.717, 1.165) is 0 Å². The summed E-state index contributed by atoms with van der Waals surface area (Å²) < 4.78 is 77.4. The average molecular weight is 502 g/mol. The van der Waals surface area contributed by atoms with Crippen LogP contribution in [0.4, 0.5) is 0 Å². The molecule has 0 aliphatic rings. The van der Waals surface area contributed by atoms with Crippen LogP contribution in [-0.2, 0) is 75.9 Å². The van der Waals surface area contributed by atoms with Gasteiger partial charge in [0.25, 0.3) is 0 Å². The molecule has 0 saturated carbocycles. The Morgan fingerprint density at radius 2 is 0.571 bits per heavy atom. The predicted octanol–water partition coefficient (Wildman–Crippen LogP) is -7.66. The van der Waals surface area contributed by atoms with Crippen LogP contribution >= 0.6 is 0 Å². The van der Waals surface area contributed by atoms with E-state index in [2.05, 4.69) is 0 Å². The molecule has 0 fully saturated rings. The van der Waals surface area contributed by atoms with E-state index >= 15 is 0 Å². The third-order valence-electron chi connectivity index (χ3n) is 0. The molecular weight excluding hydrogens is 502 g/mol. The molecule has 14 heteroatoms. The second-order valence-corrected chi connectivity index (χ2v) is 3.97. The molecule has 0 atom stereocenters. The van der Waals surface area contributed by atoms with E-state index in [-0.39, 0.29) is 89.1 Å². The first-order valence-electron chi connectivity index (χ1n) is 1.64. The van der Waals surface area contributed by atoms with Gasteiger partial charge in [0.05, 0.1) is 0 Å². The Balaban J connectivity index is -0.0000000270. The van der Waals surface area contributed by atoms with Crippen molar-refractivity contribution < 1.29 is 138 Å². The zero-order valence-electron chi connectivity index (χ0n) is 6.72. The molecule has 0 aliphatic heterocycles. The van der Waals surface area contributed by atoms with Gasteiger partial charge in [0.2, 0.25) is 0 Å². The topological polar surface area (TPSA) is 172 Å². The Labute approximate surface area is 171 Å². The quantitative estimate of drug-likeness (QED) is 0.292. The minimum atomic E-state index is -4.20. The molecule has 72 valence electrons. The molecule has 0 N–H and O–H groups in total. The summed E-state index contributed by atoms with van der Waals surface area (Å²) in [5, 5.41) is 0. The van der Waals surface area contributed by atoms with E-state index in [9.17, 15) is 0 Å². The Hall–Kier alpha value is 3.80. The van der Waals surface area contributed by atoms with Gasteiger partial charge in [0, 0.05) is 0 Å². The average Bonchev–Trinajstić information content (AvgIpc) is 1.54. The molecule has 0 rings (SSSR count). The normalized spacial score (nSPS) is 5.36. The van der Waals surface area contributed by atoms with Gasteiger partial charge < -0.3 is 0 Å². The molecule has 0 radical (unpaired) electrons. The second kappa shape index (κ2) is 25.6. The molecule has 0 bridgehead atoms. The van der Waals surface area contributed by atoms with Gasteiger partial charge in [-0.15, -0.1) is 0 Å². The summed E-state index contributed by atoms with van der Waals surface area (Å²) in [7, 11) is 0. The summed E-state index contributed by atoms with van der Waals surface area (Å²) >= 11 is -12.6. The monoisotopic (exact) mass is 502 g/mol. The molecule has 0 amide bonds. The van der Waals surface area contributed by atoms with Gasteiger partial charge in [-0.05, 0) is 0 Å². The fourth-order valence-electron chi connectivity index (χ4n) is 0. The molecule has 0 aliphatic carbocycles. The van der Waals surface area contributed by atoms with Crippen molar-refractivity contribution >= 4 is 37.7 Å². The summed E-state index contributed by atoms with van der Waals surface area (Å²) in [6, 6.07) is 0. The third-order valence-corrected chi connectivity index (χ3v) is 0. The van der Waals surface area contributed by atoms with Gasteiger partial charge in [-0.25, -0.2) is 0 Å². The molecule has 0 aromatic rings. The maximum atomic E-state index is 8.60. The summed E-state index contributed by atoms with van der Waals surface area (Å²) in [6.07, 6.45) is 0. The SMILES string of the molecule is [Ca+2].[K+].[O]=[Nb](=[O])[O-].[O]=[Nb](=[O])[O-].[O]=[Nb](=[O])[O-]. The summed E-state index contributed by atoms with van der Waals surface area (Å²) in [5.41, 5.74) is 0. The first-order valence-corrected chi connectivity index (χ1v) is 9.72. The Morgan fingerprint density at radius 3 is 0.571 bits per heavy atom. The number of hydrogen-bond acceptors (Lipinski definition) is 9. The van der Waals surface area contributed by atoms with Gasteiger partial charge in [-0.3, -0.25) is 0 Å². The van der Waals surface area contributed by atoms with Crippen molar-refractivity contribution in [2.24, 2.45) is 0 Å². The standard InChI is InChI=1S/Ca.K.3Nb.9O/q+2;+1;;;;;;;;;;3*-1. The second-order valence-electron chi connectivity index (χ2n) is 0.671. The fourth-order valence-corrected chi connectivity index (χ4v) is 0. The van der Waals surface area contributed by atoms with Crippen LogP contribution < -0.4 is 62.2 Å². The van der Waals surface area contributed by atoms with E-state index in [1.165, 1.54) is 0 Å². The molecule has 0 heterocycles. The zero-order valence-corrected chi connectivity index (χ0v) is 18.7. The number of hydrogen-bond donors (Lipinski definition) is 0. The van der Waals surface area contributed by atoms with Crippen LogP contribution in [0, 0.1) is 0 Å². The van der Waals surface area contributed by atoms with E-state index in [4.69, 9.17) is 30.3 Å². The Bertz CT molecular complexity index is 213. The van der Waals surface area contributed by atoms with Crippen LogP contribution in [-0.4, -0.2) is 37.7 Å². The summed E-state index contributed by atoms with van der Waals surface area (Å²) in [6.45, 7) is 0. The minimum absolute atomic E-state index is 0. The van der Waals surface area contributed by atoms with E-state index in [1.807, 2.05) is 0 Å². The van der Waals surface area contributed by atoms with Gasteiger partial charge in [-0.1, -0.05) is 0 Å². The van der Waals surface area contributed by atoms with Crippen LogP contribution in [0.15, 0.2) is 0 Å². The molecule has 9 nitrogen and oxygen atoms in total. The Kier molecular flexibility index (Phi) is 56.1. The maximum absolute atomic E-state index is 8.60. The van der Waals surface area contributed by atoms with Gasteiger partial charge in [0.1, 0.15) is 0 Å². The van der Waals surface area contributed by atoms with E-state index < -0.39 is 56.4 Å². The molecule has 0 unspecified atom stereocenters. The predicted molar refractivity (Wildman–Crippen MR) is 9.87 cm³/mol. The molecule has 0 aromatic heterocycles. The van der Waals surface area contributed by atoms with Crippen LogP contribution in [0.1, 0.15) is 0 Å². The van der Waals surface area contributed by atoms with Crippen molar-refractivity contribution in [1.29, 1.82) is 0 Å². The van der Waals surface area contributed by atoms with Crippen molar-refractivity contribution in [3.63, 3.8) is 0 Å². The van der Waals surface area contributed by atoms with Crippen LogP contribution in [0.2, 0.25) is 0 Å². The molecule has 14 heavy (non-hydrogen) atoms.